The lowest BCUT2D eigenvalue weighted by Gasteiger charge is -2.52. The molecule has 2 rings (SSSR count). The standard InChI is InChI=1S/C13H26N2/c1-8-6-10-4-5-12(14)13(3,15)11(10)7-9(8)2/h8-12H,4-7,14-15H2,1-3H3. The van der Waals surface area contributed by atoms with E-state index in [1.165, 1.54) is 19.3 Å². The summed E-state index contributed by atoms with van der Waals surface area (Å²) in [6.07, 6.45) is 5.07. The number of fused-ring (bicyclic) bond motifs is 1. The molecule has 2 heteroatoms. The number of rotatable bonds is 0. The van der Waals surface area contributed by atoms with Crippen molar-refractivity contribution in [1.29, 1.82) is 0 Å². The highest BCUT2D eigenvalue weighted by Gasteiger charge is 2.47. The molecular formula is C13H26N2. The van der Waals surface area contributed by atoms with Gasteiger partial charge in [0.05, 0.1) is 0 Å². The van der Waals surface area contributed by atoms with Crippen molar-refractivity contribution >= 4 is 0 Å². The molecule has 0 saturated heterocycles. The van der Waals surface area contributed by atoms with Crippen molar-refractivity contribution in [3.05, 3.63) is 0 Å². The average Bonchev–Trinajstić information content (AvgIpc) is 2.16. The Labute approximate surface area is 93.8 Å². The zero-order valence-electron chi connectivity index (χ0n) is 10.4. The smallest absolute Gasteiger partial charge is 0.0310 e. The van der Waals surface area contributed by atoms with Gasteiger partial charge in [0.1, 0.15) is 0 Å². The fourth-order valence-electron chi connectivity index (χ4n) is 3.76. The Morgan fingerprint density at radius 3 is 2.33 bits per heavy atom. The first-order valence-corrected chi connectivity index (χ1v) is 6.47. The molecule has 0 heterocycles. The van der Waals surface area contributed by atoms with E-state index in [0.717, 1.165) is 24.2 Å². The van der Waals surface area contributed by atoms with E-state index in [-0.39, 0.29) is 11.6 Å². The van der Waals surface area contributed by atoms with E-state index in [1.54, 1.807) is 0 Å². The topological polar surface area (TPSA) is 52.0 Å². The van der Waals surface area contributed by atoms with E-state index >= 15 is 0 Å². The second-order valence-corrected chi connectivity index (χ2v) is 6.34. The predicted octanol–water partition coefficient (Wildman–Crippen LogP) is 2.12. The zero-order valence-corrected chi connectivity index (χ0v) is 10.4. The van der Waals surface area contributed by atoms with E-state index < -0.39 is 0 Å². The molecule has 0 amide bonds. The maximum absolute atomic E-state index is 6.46. The summed E-state index contributed by atoms with van der Waals surface area (Å²) in [5.41, 5.74) is 12.5. The molecule has 2 fully saturated rings. The van der Waals surface area contributed by atoms with Gasteiger partial charge in [0, 0.05) is 11.6 Å². The van der Waals surface area contributed by atoms with Crippen molar-refractivity contribution in [2.24, 2.45) is 35.1 Å². The molecule has 0 radical (unpaired) electrons. The molecule has 0 bridgehead atoms. The van der Waals surface area contributed by atoms with Crippen LogP contribution in [0, 0.1) is 23.7 Å². The van der Waals surface area contributed by atoms with E-state index in [2.05, 4.69) is 20.8 Å². The first-order valence-electron chi connectivity index (χ1n) is 6.47. The highest BCUT2D eigenvalue weighted by Crippen LogP contribution is 2.47. The van der Waals surface area contributed by atoms with Gasteiger partial charge in [0.2, 0.25) is 0 Å². The van der Waals surface area contributed by atoms with Gasteiger partial charge in [0.15, 0.2) is 0 Å². The average molecular weight is 210 g/mol. The first kappa shape index (κ1) is 11.4. The molecule has 0 aromatic rings. The monoisotopic (exact) mass is 210 g/mol. The summed E-state index contributed by atoms with van der Waals surface area (Å²) in [6, 6.07) is 0.208. The van der Waals surface area contributed by atoms with Gasteiger partial charge in [-0.2, -0.15) is 0 Å². The van der Waals surface area contributed by atoms with Crippen LogP contribution in [0.5, 0.6) is 0 Å². The Hall–Kier alpha value is -0.0800. The van der Waals surface area contributed by atoms with Crippen LogP contribution in [0.3, 0.4) is 0 Å². The first-order chi connectivity index (χ1) is 6.93. The van der Waals surface area contributed by atoms with Gasteiger partial charge in [-0.05, 0) is 56.3 Å². The van der Waals surface area contributed by atoms with Crippen LogP contribution in [0.25, 0.3) is 0 Å². The van der Waals surface area contributed by atoms with Crippen LogP contribution < -0.4 is 11.5 Å². The van der Waals surface area contributed by atoms with E-state index in [0.29, 0.717) is 5.92 Å². The van der Waals surface area contributed by atoms with Crippen LogP contribution in [0.15, 0.2) is 0 Å². The molecule has 2 aliphatic carbocycles. The van der Waals surface area contributed by atoms with Crippen LogP contribution in [-0.2, 0) is 0 Å². The van der Waals surface area contributed by atoms with Gasteiger partial charge in [-0.1, -0.05) is 13.8 Å². The molecule has 0 aromatic carbocycles. The summed E-state index contributed by atoms with van der Waals surface area (Å²) in [6.45, 7) is 6.94. The highest BCUT2D eigenvalue weighted by molar-refractivity contribution is 5.04. The molecule has 15 heavy (non-hydrogen) atoms. The van der Waals surface area contributed by atoms with E-state index in [4.69, 9.17) is 11.5 Å². The largest absolute Gasteiger partial charge is 0.326 e. The Morgan fingerprint density at radius 1 is 1.07 bits per heavy atom. The molecule has 2 aliphatic rings. The minimum Gasteiger partial charge on any atom is -0.326 e. The lowest BCUT2D eigenvalue weighted by Crippen LogP contribution is -2.63. The summed E-state index contributed by atoms with van der Waals surface area (Å²) in [7, 11) is 0. The van der Waals surface area contributed by atoms with Crippen molar-refractivity contribution < 1.29 is 0 Å². The predicted molar refractivity (Wildman–Crippen MR) is 64.3 cm³/mol. The molecule has 2 nitrogen and oxygen atoms in total. The highest BCUT2D eigenvalue weighted by atomic mass is 14.9. The lowest BCUT2D eigenvalue weighted by molar-refractivity contribution is 0.0260. The van der Waals surface area contributed by atoms with Gasteiger partial charge in [-0.15, -0.1) is 0 Å². The van der Waals surface area contributed by atoms with Crippen molar-refractivity contribution in [2.45, 2.75) is 58.0 Å². The van der Waals surface area contributed by atoms with Crippen LogP contribution in [0.4, 0.5) is 0 Å². The molecule has 2 saturated carbocycles. The molecule has 88 valence electrons. The second-order valence-electron chi connectivity index (χ2n) is 6.34. The number of hydrogen-bond donors (Lipinski definition) is 2. The fourth-order valence-corrected chi connectivity index (χ4v) is 3.76. The minimum atomic E-state index is -0.128. The van der Waals surface area contributed by atoms with Crippen LogP contribution >= 0.6 is 0 Å². The number of nitrogens with two attached hydrogens (primary N) is 2. The minimum absolute atomic E-state index is 0.128. The molecule has 0 aliphatic heterocycles. The van der Waals surface area contributed by atoms with Crippen molar-refractivity contribution in [1.82, 2.24) is 0 Å². The SMILES string of the molecule is CC1CC2CCC(N)C(C)(N)C2CC1C. The maximum Gasteiger partial charge on any atom is 0.0310 e. The van der Waals surface area contributed by atoms with Crippen molar-refractivity contribution in [2.75, 3.05) is 0 Å². The lowest BCUT2D eigenvalue weighted by atomic mass is 9.57. The molecule has 0 spiro atoms. The maximum atomic E-state index is 6.46. The van der Waals surface area contributed by atoms with Crippen molar-refractivity contribution in [3.63, 3.8) is 0 Å². The van der Waals surface area contributed by atoms with Gasteiger partial charge >= 0.3 is 0 Å². The Bertz CT molecular complexity index is 237. The quantitative estimate of drug-likeness (QED) is 0.643. The van der Waals surface area contributed by atoms with Crippen molar-refractivity contribution in [3.8, 4) is 0 Å². The normalized spacial score (nSPS) is 56.2. The summed E-state index contributed by atoms with van der Waals surface area (Å²) >= 11 is 0. The molecule has 4 N–H and O–H groups in total. The summed E-state index contributed by atoms with van der Waals surface area (Å²) < 4.78 is 0. The summed E-state index contributed by atoms with van der Waals surface area (Å²) in [5.74, 6) is 3.19. The molecule has 0 aromatic heterocycles. The third kappa shape index (κ3) is 1.83. The van der Waals surface area contributed by atoms with Crippen LogP contribution in [0.1, 0.15) is 46.5 Å². The Balaban J connectivity index is 2.16. The van der Waals surface area contributed by atoms with Gasteiger partial charge in [-0.25, -0.2) is 0 Å². The van der Waals surface area contributed by atoms with Crippen LogP contribution in [0.2, 0.25) is 0 Å². The summed E-state index contributed by atoms with van der Waals surface area (Å²) in [5, 5.41) is 0. The Morgan fingerprint density at radius 2 is 1.67 bits per heavy atom. The molecule has 6 unspecified atom stereocenters. The van der Waals surface area contributed by atoms with Gasteiger partial charge in [0.25, 0.3) is 0 Å². The Kier molecular flexibility index (Phi) is 2.85. The molecule has 6 atom stereocenters. The molecular weight excluding hydrogens is 184 g/mol. The number of hydrogen-bond acceptors (Lipinski definition) is 2. The van der Waals surface area contributed by atoms with E-state index in [1.807, 2.05) is 0 Å². The third-order valence-corrected chi connectivity index (χ3v) is 5.29. The van der Waals surface area contributed by atoms with E-state index in [9.17, 15) is 0 Å². The van der Waals surface area contributed by atoms with Gasteiger partial charge in [-0.3, -0.25) is 0 Å². The van der Waals surface area contributed by atoms with Crippen LogP contribution in [-0.4, -0.2) is 11.6 Å². The summed E-state index contributed by atoms with van der Waals surface area (Å²) in [4.78, 5) is 0. The van der Waals surface area contributed by atoms with Gasteiger partial charge < -0.3 is 11.5 Å². The fraction of sp³-hybridized carbons (Fsp3) is 1.00. The third-order valence-electron chi connectivity index (χ3n) is 5.29. The zero-order chi connectivity index (χ0) is 11.2. The second kappa shape index (κ2) is 3.74.